The summed E-state index contributed by atoms with van der Waals surface area (Å²) in [6.45, 7) is 2.43. The Bertz CT molecular complexity index is 1130. The third-order valence-corrected chi connectivity index (χ3v) is 5.08. The molecule has 1 heterocycles. The van der Waals surface area contributed by atoms with Gasteiger partial charge in [-0.1, -0.05) is 48.0 Å². The summed E-state index contributed by atoms with van der Waals surface area (Å²) in [5, 5.41) is 5.08. The molecule has 0 spiro atoms. The van der Waals surface area contributed by atoms with Gasteiger partial charge in [-0.3, -0.25) is 0 Å². The maximum Gasteiger partial charge on any atom is 0.163 e. The Balaban J connectivity index is 1.65. The summed E-state index contributed by atoms with van der Waals surface area (Å²) >= 11 is 6.28. The SMILES string of the molecule is COc1cc(-c2ncnn2-c2cccc(Cl)c2C)ccc1OCc1ccccc1. The van der Waals surface area contributed by atoms with E-state index < -0.39 is 0 Å². The summed E-state index contributed by atoms with van der Waals surface area (Å²) in [4.78, 5) is 4.44. The zero-order valence-electron chi connectivity index (χ0n) is 16.2. The van der Waals surface area contributed by atoms with Gasteiger partial charge in [0.15, 0.2) is 17.3 Å². The molecule has 3 aromatic carbocycles. The first-order chi connectivity index (χ1) is 14.2. The topological polar surface area (TPSA) is 49.2 Å². The minimum Gasteiger partial charge on any atom is -0.493 e. The number of aromatic nitrogens is 3. The van der Waals surface area contributed by atoms with E-state index >= 15 is 0 Å². The van der Waals surface area contributed by atoms with E-state index in [0.29, 0.717) is 29.0 Å². The Morgan fingerprint density at radius 2 is 1.79 bits per heavy atom. The highest BCUT2D eigenvalue weighted by Crippen LogP contribution is 2.33. The molecule has 0 N–H and O–H groups in total. The summed E-state index contributed by atoms with van der Waals surface area (Å²) < 4.78 is 13.3. The number of hydrogen-bond acceptors (Lipinski definition) is 4. The lowest BCUT2D eigenvalue weighted by molar-refractivity contribution is 0.284. The summed E-state index contributed by atoms with van der Waals surface area (Å²) in [5.41, 5.74) is 3.78. The van der Waals surface area contributed by atoms with Crippen LogP contribution in [0.4, 0.5) is 0 Å². The van der Waals surface area contributed by atoms with Gasteiger partial charge in [0.05, 0.1) is 12.8 Å². The first kappa shape index (κ1) is 19.0. The van der Waals surface area contributed by atoms with Crippen molar-refractivity contribution in [3.8, 4) is 28.6 Å². The fraction of sp³-hybridized carbons (Fsp3) is 0.130. The second kappa shape index (κ2) is 8.37. The van der Waals surface area contributed by atoms with E-state index in [2.05, 4.69) is 10.1 Å². The number of methoxy groups -OCH3 is 1. The van der Waals surface area contributed by atoms with E-state index in [9.17, 15) is 0 Å². The quantitative estimate of drug-likeness (QED) is 0.426. The summed E-state index contributed by atoms with van der Waals surface area (Å²) in [6.07, 6.45) is 1.53. The Kier molecular flexibility index (Phi) is 5.49. The van der Waals surface area contributed by atoms with E-state index in [4.69, 9.17) is 21.1 Å². The highest BCUT2D eigenvalue weighted by Gasteiger charge is 2.15. The summed E-state index contributed by atoms with van der Waals surface area (Å²) in [7, 11) is 1.63. The number of hydrogen-bond donors (Lipinski definition) is 0. The van der Waals surface area contributed by atoms with Gasteiger partial charge in [-0.25, -0.2) is 9.67 Å². The monoisotopic (exact) mass is 405 g/mol. The number of halogens is 1. The zero-order chi connectivity index (χ0) is 20.2. The van der Waals surface area contributed by atoms with Gasteiger partial charge in [0.2, 0.25) is 0 Å². The summed E-state index contributed by atoms with van der Waals surface area (Å²) in [6, 6.07) is 21.5. The number of nitrogens with zero attached hydrogens (tertiary/aromatic N) is 3. The van der Waals surface area contributed by atoms with Crippen LogP contribution in [0.5, 0.6) is 11.5 Å². The van der Waals surface area contributed by atoms with Crippen molar-refractivity contribution in [1.82, 2.24) is 14.8 Å². The van der Waals surface area contributed by atoms with Gasteiger partial charge in [0, 0.05) is 10.6 Å². The minimum atomic E-state index is 0.467. The molecule has 1 aromatic heterocycles. The molecule has 0 saturated carbocycles. The van der Waals surface area contributed by atoms with Crippen molar-refractivity contribution in [2.45, 2.75) is 13.5 Å². The molecule has 0 atom stereocenters. The molecule has 0 saturated heterocycles. The minimum absolute atomic E-state index is 0.467. The first-order valence-corrected chi connectivity index (χ1v) is 9.56. The highest BCUT2D eigenvalue weighted by molar-refractivity contribution is 6.31. The van der Waals surface area contributed by atoms with Crippen LogP contribution in [0.1, 0.15) is 11.1 Å². The molecule has 4 rings (SSSR count). The van der Waals surface area contributed by atoms with Crippen LogP contribution in [0.2, 0.25) is 5.02 Å². The average Bonchev–Trinajstić information content (AvgIpc) is 3.24. The van der Waals surface area contributed by atoms with Gasteiger partial charge in [-0.15, -0.1) is 0 Å². The molecule has 146 valence electrons. The van der Waals surface area contributed by atoms with Gasteiger partial charge < -0.3 is 9.47 Å². The molecule has 0 amide bonds. The fourth-order valence-corrected chi connectivity index (χ4v) is 3.27. The van der Waals surface area contributed by atoms with Crippen LogP contribution in [0.3, 0.4) is 0 Å². The molecule has 0 unspecified atom stereocenters. The maximum absolute atomic E-state index is 6.28. The Morgan fingerprint density at radius 3 is 2.59 bits per heavy atom. The summed E-state index contributed by atoms with van der Waals surface area (Å²) in [5.74, 6) is 2.00. The van der Waals surface area contributed by atoms with Crippen molar-refractivity contribution in [1.29, 1.82) is 0 Å². The smallest absolute Gasteiger partial charge is 0.163 e. The third-order valence-electron chi connectivity index (χ3n) is 4.67. The average molecular weight is 406 g/mol. The molecular formula is C23H20ClN3O2. The van der Waals surface area contributed by atoms with E-state index in [0.717, 1.165) is 22.4 Å². The molecule has 0 aliphatic rings. The van der Waals surface area contributed by atoms with Crippen LogP contribution in [0, 0.1) is 6.92 Å². The predicted octanol–water partition coefficient (Wildman–Crippen LogP) is 5.48. The van der Waals surface area contributed by atoms with Gasteiger partial charge in [-0.2, -0.15) is 5.10 Å². The van der Waals surface area contributed by atoms with Crippen LogP contribution in [0.25, 0.3) is 17.1 Å². The first-order valence-electron chi connectivity index (χ1n) is 9.18. The molecule has 0 fully saturated rings. The zero-order valence-corrected chi connectivity index (χ0v) is 16.9. The van der Waals surface area contributed by atoms with E-state index in [-0.39, 0.29) is 0 Å². The molecule has 0 aliphatic carbocycles. The molecule has 0 radical (unpaired) electrons. The molecular weight excluding hydrogens is 386 g/mol. The standard InChI is InChI=1S/C23H20ClN3O2/c1-16-19(24)9-6-10-20(16)27-23(25-15-26-27)18-11-12-21(22(13-18)28-2)29-14-17-7-4-3-5-8-17/h3-13,15H,14H2,1-2H3. The highest BCUT2D eigenvalue weighted by atomic mass is 35.5. The number of rotatable bonds is 6. The normalized spacial score (nSPS) is 10.7. The van der Waals surface area contributed by atoms with Crippen molar-refractivity contribution in [2.24, 2.45) is 0 Å². The molecule has 29 heavy (non-hydrogen) atoms. The lowest BCUT2D eigenvalue weighted by atomic mass is 10.1. The maximum atomic E-state index is 6.28. The van der Waals surface area contributed by atoms with Gasteiger partial charge in [-0.05, 0) is 48.4 Å². The van der Waals surface area contributed by atoms with E-state index in [1.807, 2.05) is 73.7 Å². The van der Waals surface area contributed by atoms with Crippen molar-refractivity contribution in [2.75, 3.05) is 7.11 Å². The molecule has 6 heteroatoms. The number of benzene rings is 3. The fourth-order valence-electron chi connectivity index (χ4n) is 3.10. The largest absolute Gasteiger partial charge is 0.493 e. The van der Waals surface area contributed by atoms with Gasteiger partial charge >= 0.3 is 0 Å². The third kappa shape index (κ3) is 3.96. The molecule has 4 aromatic rings. The van der Waals surface area contributed by atoms with Gasteiger partial charge in [0.1, 0.15) is 12.9 Å². The molecule has 0 aliphatic heterocycles. The number of ether oxygens (including phenoxy) is 2. The lowest BCUT2D eigenvalue weighted by Gasteiger charge is -2.13. The second-order valence-electron chi connectivity index (χ2n) is 6.52. The van der Waals surface area contributed by atoms with Crippen LogP contribution < -0.4 is 9.47 Å². The van der Waals surface area contributed by atoms with Crippen molar-refractivity contribution >= 4 is 11.6 Å². The van der Waals surface area contributed by atoms with Gasteiger partial charge in [0.25, 0.3) is 0 Å². The van der Waals surface area contributed by atoms with E-state index in [1.165, 1.54) is 6.33 Å². The Hall–Kier alpha value is -3.31. The second-order valence-corrected chi connectivity index (χ2v) is 6.93. The van der Waals surface area contributed by atoms with Crippen LogP contribution in [-0.4, -0.2) is 21.9 Å². The van der Waals surface area contributed by atoms with Crippen molar-refractivity contribution in [3.05, 3.63) is 89.2 Å². The van der Waals surface area contributed by atoms with Crippen LogP contribution >= 0.6 is 11.6 Å². The van der Waals surface area contributed by atoms with Crippen molar-refractivity contribution in [3.63, 3.8) is 0 Å². The molecule has 5 nitrogen and oxygen atoms in total. The molecule has 0 bridgehead atoms. The Labute approximate surface area is 174 Å². The Morgan fingerprint density at radius 1 is 0.966 bits per heavy atom. The predicted molar refractivity (Wildman–Crippen MR) is 114 cm³/mol. The van der Waals surface area contributed by atoms with Crippen molar-refractivity contribution < 1.29 is 9.47 Å². The van der Waals surface area contributed by atoms with E-state index in [1.54, 1.807) is 11.8 Å². The lowest BCUT2D eigenvalue weighted by Crippen LogP contribution is -2.03. The van der Waals surface area contributed by atoms with Crippen LogP contribution in [-0.2, 0) is 6.61 Å². The van der Waals surface area contributed by atoms with Crippen LogP contribution in [0.15, 0.2) is 73.1 Å².